The van der Waals surface area contributed by atoms with Crippen molar-refractivity contribution in [3.63, 3.8) is 0 Å². The average Bonchev–Trinajstić information content (AvgIpc) is 3.23. The summed E-state index contributed by atoms with van der Waals surface area (Å²) in [6.07, 6.45) is 0.965. The predicted molar refractivity (Wildman–Crippen MR) is 121 cm³/mol. The van der Waals surface area contributed by atoms with E-state index in [0.717, 1.165) is 62.9 Å². The van der Waals surface area contributed by atoms with Crippen molar-refractivity contribution in [3.8, 4) is 11.5 Å². The van der Waals surface area contributed by atoms with Gasteiger partial charge < -0.3 is 24.2 Å². The minimum atomic E-state index is -0.00415. The van der Waals surface area contributed by atoms with Crippen LogP contribution in [0.1, 0.15) is 23.6 Å². The molecule has 1 saturated heterocycles. The van der Waals surface area contributed by atoms with Gasteiger partial charge in [-0.15, -0.1) is 0 Å². The number of carbonyl (C=O) groups is 1. The molecule has 0 aromatic heterocycles. The fraction of sp³-hybridized carbons (Fsp3) is 0.480. The number of quaternary nitrogens is 2. The maximum atomic E-state index is 13.2. The number of nitrogens with zero attached hydrogens (tertiary/aromatic N) is 1. The molecule has 0 saturated carbocycles. The molecular weight excluding hydrogens is 390 g/mol. The summed E-state index contributed by atoms with van der Waals surface area (Å²) in [6, 6.07) is 12.5. The van der Waals surface area contributed by atoms with Gasteiger partial charge in [-0.05, 0) is 49.6 Å². The van der Waals surface area contributed by atoms with Crippen LogP contribution in [0.3, 0.4) is 0 Å². The molecule has 0 aliphatic carbocycles. The van der Waals surface area contributed by atoms with Crippen molar-refractivity contribution in [2.75, 3.05) is 51.8 Å². The van der Waals surface area contributed by atoms with Crippen LogP contribution in [-0.4, -0.2) is 58.9 Å². The third-order valence-electron chi connectivity index (χ3n) is 7.02. The van der Waals surface area contributed by atoms with Gasteiger partial charge in [-0.3, -0.25) is 4.79 Å². The summed E-state index contributed by atoms with van der Waals surface area (Å²) in [5.74, 6) is 1.83. The van der Waals surface area contributed by atoms with Crippen molar-refractivity contribution >= 4 is 11.6 Å². The molecular formula is C25H35N3O3+2. The number of hydrogen-bond acceptors (Lipinski definition) is 3. The summed E-state index contributed by atoms with van der Waals surface area (Å²) < 4.78 is 10.9. The fourth-order valence-corrected chi connectivity index (χ4v) is 4.99. The van der Waals surface area contributed by atoms with E-state index >= 15 is 0 Å². The Balaban J connectivity index is 1.35. The Labute approximate surface area is 185 Å². The Hall–Kier alpha value is -2.57. The van der Waals surface area contributed by atoms with E-state index in [1.54, 1.807) is 19.1 Å². The largest absolute Gasteiger partial charge is 0.493 e. The number of anilines is 1. The number of para-hydroxylation sites is 1. The third kappa shape index (κ3) is 4.41. The molecule has 2 aromatic carbocycles. The predicted octanol–water partition coefficient (Wildman–Crippen LogP) is 0.273. The third-order valence-corrected chi connectivity index (χ3v) is 7.02. The quantitative estimate of drug-likeness (QED) is 0.699. The highest BCUT2D eigenvalue weighted by molar-refractivity contribution is 5.97. The van der Waals surface area contributed by atoms with E-state index in [0.29, 0.717) is 0 Å². The maximum absolute atomic E-state index is 13.2. The highest BCUT2D eigenvalue weighted by atomic mass is 16.5. The lowest BCUT2D eigenvalue weighted by Crippen LogP contribution is -3.29. The number of amides is 1. The van der Waals surface area contributed by atoms with E-state index in [4.69, 9.17) is 9.47 Å². The zero-order chi connectivity index (χ0) is 22.0. The van der Waals surface area contributed by atoms with Crippen LogP contribution >= 0.6 is 0 Å². The van der Waals surface area contributed by atoms with Crippen LogP contribution in [0.25, 0.3) is 0 Å². The van der Waals surface area contributed by atoms with E-state index in [1.165, 1.54) is 21.6 Å². The second kappa shape index (κ2) is 9.28. The minimum Gasteiger partial charge on any atom is -0.493 e. The van der Waals surface area contributed by atoms with Crippen LogP contribution in [0.5, 0.6) is 11.5 Å². The monoisotopic (exact) mass is 425 g/mol. The number of methoxy groups -OCH3 is 2. The van der Waals surface area contributed by atoms with Crippen molar-refractivity contribution in [2.24, 2.45) is 0 Å². The van der Waals surface area contributed by atoms with Crippen LogP contribution < -0.4 is 24.2 Å². The second-order valence-corrected chi connectivity index (χ2v) is 8.81. The van der Waals surface area contributed by atoms with Gasteiger partial charge in [0.2, 0.25) is 0 Å². The first-order valence-electron chi connectivity index (χ1n) is 11.3. The first kappa shape index (κ1) is 21.7. The molecule has 166 valence electrons. The molecule has 0 radical (unpaired) electrons. The fourth-order valence-electron chi connectivity index (χ4n) is 4.99. The molecule has 2 aliphatic rings. The molecule has 0 bridgehead atoms. The van der Waals surface area contributed by atoms with Gasteiger partial charge in [-0.25, -0.2) is 0 Å². The van der Waals surface area contributed by atoms with Gasteiger partial charge in [0.05, 0.1) is 14.2 Å². The number of piperazine rings is 1. The molecule has 0 unspecified atom stereocenters. The van der Waals surface area contributed by atoms with Gasteiger partial charge in [0, 0.05) is 17.8 Å². The molecule has 2 aromatic rings. The van der Waals surface area contributed by atoms with Crippen LogP contribution in [0.4, 0.5) is 5.69 Å². The van der Waals surface area contributed by atoms with Crippen molar-refractivity contribution in [1.82, 2.24) is 0 Å². The van der Waals surface area contributed by atoms with E-state index in [9.17, 15) is 4.79 Å². The van der Waals surface area contributed by atoms with Gasteiger partial charge >= 0.3 is 0 Å². The van der Waals surface area contributed by atoms with Crippen molar-refractivity contribution in [1.29, 1.82) is 0 Å². The van der Waals surface area contributed by atoms with Gasteiger partial charge in [0.25, 0.3) is 5.91 Å². The molecule has 2 N–H and O–H groups in total. The van der Waals surface area contributed by atoms with E-state index in [1.807, 2.05) is 11.0 Å². The number of rotatable bonds is 6. The normalized spacial score (nSPS) is 21.5. The van der Waals surface area contributed by atoms with Crippen LogP contribution in [0.15, 0.2) is 36.4 Å². The highest BCUT2D eigenvalue weighted by Crippen LogP contribution is 2.30. The average molecular weight is 426 g/mol. The van der Waals surface area contributed by atoms with Crippen LogP contribution in [0.2, 0.25) is 0 Å². The van der Waals surface area contributed by atoms with Crippen molar-refractivity contribution < 1.29 is 24.1 Å². The maximum Gasteiger partial charge on any atom is 0.284 e. The van der Waals surface area contributed by atoms with Gasteiger partial charge in [0.15, 0.2) is 17.5 Å². The Morgan fingerprint density at radius 1 is 1.06 bits per heavy atom. The topological polar surface area (TPSA) is 47.7 Å². The number of ether oxygens (including phenoxy) is 2. The van der Waals surface area contributed by atoms with Gasteiger partial charge in [0.1, 0.15) is 32.7 Å². The molecule has 1 fully saturated rings. The zero-order valence-corrected chi connectivity index (χ0v) is 19.2. The van der Waals surface area contributed by atoms with Gasteiger partial charge in [-0.1, -0.05) is 18.2 Å². The molecule has 31 heavy (non-hydrogen) atoms. The smallest absolute Gasteiger partial charge is 0.284 e. The molecule has 6 nitrogen and oxygen atoms in total. The molecule has 4 rings (SSSR count). The van der Waals surface area contributed by atoms with Crippen LogP contribution in [-0.2, 0) is 17.8 Å². The summed E-state index contributed by atoms with van der Waals surface area (Å²) in [5.41, 5.74) is 4.93. The summed E-state index contributed by atoms with van der Waals surface area (Å²) in [5, 5.41) is 0. The first-order chi connectivity index (χ1) is 15.0. The summed E-state index contributed by atoms with van der Waals surface area (Å²) in [4.78, 5) is 18.2. The van der Waals surface area contributed by atoms with E-state index in [-0.39, 0.29) is 11.9 Å². The van der Waals surface area contributed by atoms with E-state index in [2.05, 4.69) is 44.2 Å². The summed E-state index contributed by atoms with van der Waals surface area (Å²) in [6.45, 7) is 10.2. The number of carbonyl (C=O) groups excluding carboxylic acids is 1. The minimum absolute atomic E-state index is 0.00415. The summed E-state index contributed by atoms with van der Waals surface area (Å²) >= 11 is 0. The van der Waals surface area contributed by atoms with Crippen molar-refractivity contribution in [2.45, 2.75) is 32.9 Å². The Kier molecular flexibility index (Phi) is 6.49. The lowest BCUT2D eigenvalue weighted by molar-refractivity contribution is -1.02. The lowest BCUT2D eigenvalue weighted by atomic mass is 10.1. The SMILES string of the molecule is COc1cc(C)c(C[NH+]2CC[NH+]([C@H](C)C(=O)N3CCc4ccccc43)CC2)cc1OC. The number of benzene rings is 2. The zero-order valence-electron chi connectivity index (χ0n) is 19.2. The van der Waals surface area contributed by atoms with Crippen LogP contribution in [0, 0.1) is 6.92 Å². The first-order valence-corrected chi connectivity index (χ1v) is 11.3. The molecule has 1 atom stereocenters. The van der Waals surface area contributed by atoms with Gasteiger partial charge in [-0.2, -0.15) is 0 Å². The number of fused-ring (bicyclic) bond motifs is 1. The summed E-state index contributed by atoms with van der Waals surface area (Å²) in [7, 11) is 3.36. The number of aryl methyl sites for hydroxylation is 1. The van der Waals surface area contributed by atoms with E-state index < -0.39 is 0 Å². The Morgan fingerprint density at radius 3 is 2.45 bits per heavy atom. The molecule has 0 spiro atoms. The Morgan fingerprint density at radius 2 is 1.74 bits per heavy atom. The van der Waals surface area contributed by atoms with Crippen molar-refractivity contribution in [3.05, 3.63) is 53.1 Å². The highest BCUT2D eigenvalue weighted by Gasteiger charge is 2.36. The molecule has 2 heterocycles. The standard InChI is InChI=1S/C25H33N3O3/c1-18-15-23(30-3)24(31-4)16-21(18)17-26-11-13-27(14-12-26)19(2)25(29)28-10-9-20-7-5-6-8-22(20)28/h5-8,15-16,19H,9-14,17H2,1-4H3/p+2/t19-/m1/s1. The molecule has 6 heteroatoms. The Bertz CT molecular complexity index is 938. The number of nitrogens with one attached hydrogen (secondary N) is 2. The molecule has 1 amide bonds. The number of hydrogen-bond donors (Lipinski definition) is 2. The molecule has 2 aliphatic heterocycles. The lowest BCUT2D eigenvalue weighted by Gasteiger charge is -2.34. The second-order valence-electron chi connectivity index (χ2n) is 8.81.